The van der Waals surface area contributed by atoms with Crippen molar-refractivity contribution in [2.45, 2.75) is 51.1 Å². The molecule has 0 radical (unpaired) electrons. The van der Waals surface area contributed by atoms with Gasteiger partial charge in [0.2, 0.25) is 0 Å². The van der Waals surface area contributed by atoms with Gasteiger partial charge in [0.15, 0.2) is 22.8 Å². The van der Waals surface area contributed by atoms with E-state index in [4.69, 9.17) is 31.2 Å². The Morgan fingerprint density at radius 3 is 2.62 bits per heavy atom. The molecular formula is C22H26N4O7S. The average Bonchev–Trinajstić information content (AvgIpc) is 3.44. The smallest absolute Gasteiger partial charge is 0.360 e. The van der Waals surface area contributed by atoms with Gasteiger partial charge in [-0.3, -0.25) is 14.7 Å². The highest BCUT2D eigenvalue weighted by molar-refractivity contribution is 7.80. The van der Waals surface area contributed by atoms with Gasteiger partial charge in [0.25, 0.3) is 5.91 Å². The maximum Gasteiger partial charge on any atom is 0.360 e. The lowest BCUT2D eigenvalue weighted by Crippen LogP contribution is -2.36. The molecule has 2 fully saturated rings. The van der Waals surface area contributed by atoms with Crippen LogP contribution in [0.1, 0.15) is 47.8 Å². The van der Waals surface area contributed by atoms with E-state index in [1.165, 1.54) is 10.9 Å². The molecule has 4 atom stereocenters. The van der Waals surface area contributed by atoms with Crippen LogP contribution in [0.2, 0.25) is 0 Å². The van der Waals surface area contributed by atoms with E-state index in [0.717, 1.165) is 0 Å². The molecule has 1 amide bonds. The molecule has 2 saturated heterocycles. The molecule has 2 aromatic rings. The molecule has 2 aliphatic rings. The SMILES string of the molecule is CCOC(=O)c1ncn([C@@H]2O[C@H](CO)[C@H]3OC(C)(C)O[C@H]32)c1NC(=S)NC(=O)c1ccccc1. The topological polar surface area (TPSA) is 133 Å². The van der Waals surface area contributed by atoms with Gasteiger partial charge < -0.3 is 29.4 Å². The zero-order valence-corrected chi connectivity index (χ0v) is 19.7. The van der Waals surface area contributed by atoms with Gasteiger partial charge in [-0.2, -0.15) is 0 Å². The van der Waals surface area contributed by atoms with Gasteiger partial charge in [0.1, 0.15) is 24.1 Å². The lowest BCUT2D eigenvalue weighted by molar-refractivity contribution is -0.199. The van der Waals surface area contributed by atoms with Crippen LogP contribution in [0, 0.1) is 0 Å². The lowest BCUT2D eigenvalue weighted by atomic mass is 10.1. The number of anilines is 1. The second kappa shape index (κ2) is 9.76. The number of imidazole rings is 1. The van der Waals surface area contributed by atoms with Crippen molar-refractivity contribution >= 4 is 35.0 Å². The van der Waals surface area contributed by atoms with E-state index in [1.807, 2.05) is 0 Å². The number of amides is 1. The summed E-state index contributed by atoms with van der Waals surface area (Å²) in [7, 11) is 0. The zero-order valence-electron chi connectivity index (χ0n) is 18.9. The monoisotopic (exact) mass is 490 g/mol. The third-order valence-corrected chi connectivity index (χ3v) is 5.54. The minimum Gasteiger partial charge on any atom is -0.461 e. The summed E-state index contributed by atoms with van der Waals surface area (Å²) >= 11 is 5.33. The van der Waals surface area contributed by atoms with E-state index in [1.54, 1.807) is 51.1 Å². The Morgan fingerprint density at radius 1 is 1.24 bits per heavy atom. The van der Waals surface area contributed by atoms with Gasteiger partial charge in [-0.05, 0) is 45.1 Å². The zero-order chi connectivity index (χ0) is 24.5. The van der Waals surface area contributed by atoms with Gasteiger partial charge in [0, 0.05) is 5.56 Å². The van der Waals surface area contributed by atoms with Gasteiger partial charge in [-0.25, -0.2) is 9.78 Å². The first kappa shape index (κ1) is 24.2. The Kier molecular flexibility index (Phi) is 6.96. The van der Waals surface area contributed by atoms with Crippen LogP contribution in [0.5, 0.6) is 0 Å². The van der Waals surface area contributed by atoms with E-state index in [2.05, 4.69) is 15.6 Å². The lowest BCUT2D eigenvalue weighted by Gasteiger charge is -2.25. The molecule has 2 aliphatic heterocycles. The molecule has 1 aromatic carbocycles. The molecule has 0 saturated carbocycles. The number of esters is 1. The number of carbonyl (C=O) groups excluding carboxylic acids is 2. The molecule has 0 bridgehead atoms. The first-order valence-corrected chi connectivity index (χ1v) is 11.2. The first-order chi connectivity index (χ1) is 16.2. The molecule has 182 valence electrons. The van der Waals surface area contributed by atoms with Crippen LogP contribution in [0.25, 0.3) is 0 Å². The van der Waals surface area contributed by atoms with Crippen molar-refractivity contribution in [3.05, 3.63) is 47.9 Å². The summed E-state index contributed by atoms with van der Waals surface area (Å²) in [4.78, 5) is 29.3. The van der Waals surface area contributed by atoms with Crippen molar-refractivity contribution in [1.82, 2.24) is 14.9 Å². The molecule has 11 nitrogen and oxygen atoms in total. The number of hydrogen-bond donors (Lipinski definition) is 3. The van der Waals surface area contributed by atoms with E-state index < -0.39 is 42.2 Å². The second-order valence-electron chi connectivity index (χ2n) is 8.16. The predicted molar refractivity (Wildman–Crippen MR) is 123 cm³/mol. The summed E-state index contributed by atoms with van der Waals surface area (Å²) in [5.41, 5.74) is 0.362. The Balaban J connectivity index is 1.62. The fraction of sp³-hybridized carbons (Fsp3) is 0.455. The van der Waals surface area contributed by atoms with Crippen LogP contribution < -0.4 is 10.6 Å². The van der Waals surface area contributed by atoms with E-state index in [9.17, 15) is 14.7 Å². The molecule has 4 rings (SSSR count). The summed E-state index contributed by atoms with van der Waals surface area (Å²) < 4.78 is 24.5. The number of thiocarbonyl (C=S) groups is 1. The number of rotatable bonds is 6. The van der Waals surface area contributed by atoms with Crippen LogP contribution in [-0.4, -0.2) is 69.0 Å². The summed E-state index contributed by atoms with van der Waals surface area (Å²) in [5, 5.41) is 15.2. The quantitative estimate of drug-likeness (QED) is 0.405. The number of fused-ring (bicyclic) bond motifs is 1. The standard InChI is InChI=1S/C22H26N4O7S/c1-4-30-20(29)14-17(24-21(34)25-18(28)12-8-6-5-7-9-12)26(11-23-14)19-16-15(13(10-27)31-19)32-22(2,3)33-16/h5-9,11,13,15-16,19,27H,4,10H2,1-3H3,(H2,24,25,28,34)/t13-,15-,16-,19-/m1/s1. The van der Waals surface area contributed by atoms with Crippen molar-refractivity contribution in [2.75, 3.05) is 18.5 Å². The van der Waals surface area contributed by atoms with Crippen LogP contribution in [0.4, 0.5) is 5.82 Å². The number of aliphatic hydroxyl groups excluding tert-OH is 1. The fourth-order valence-electron chi connectivity index (χ4n) is 3.96. The van der Waals surface area contributed by atoms with Crippen molar-refractivity contribution in [3.8, 4) is 0 Å². The molecule has 0 unspecified atom stereocenters. The van der Waals surface area contributed by atoms with E-state index >= 15 is 0 Å². The molecule has 3 heterocycles. The van der Waals surface area contributed by atoms with Crippen molar-refractivity contribution in [3.63, 3.8) is 0 Å². The molecule has 0 spiro atoms. The van der Waals surface area contributed by atoms with Crippen LogP contribution in [0.15, 0.2) is 36.7 Å². The number of benzene rings is 1. The number of aromatic nitrogens is 2. The van der Waals surface area contributed by atoms with Gasteiger partial charge in [-0.15, -0.1) is 0 Å². The molecule has 0 aliphatic carbocycles. The summed E-state index contributed by atoms with van der Waals surface area (Å²) in [6, 6.07) is 8.55. The van der Waals surface area contributed by atoms with Crippen molar-refractivity contribution in [1.29, 1.82) is 0 Å². The number of aliphatic hydroxyl groups is 1. The minimum absolute atomic E-state index is 0.0519. The Morgan fingerprint density at radius 2 is 1.94 bits per heavy atom. The average molecular weight is 491 g/mol. The van der Waals surface area contributed by atoms with Crippen LogP contribution >= 0.6 is 12.2 Å². The summed E-state index contributed by atoms with van der Waals surface area (Å²) in [5.74, 6) is -1.85. The predicted octanol–water partition coefficient (Wildman–Crippen LogP) is 1.60. The Labute approximate surface area is 201 Å². The van der Waals surface area contributed by atoms with Gasteiger partial charge in [0.05, 0.1) is 19.5 Å². The molecule has 34 heavy (non-hydrogen) atoms. The molecular weight excluding hydrogens is 464 g/mol. The summed E-state index contributed by atoms with van der Waals surface area (Å²) in [6.07, 6.45) is -1.19. The molecule has 1 aromatic heterocycles. The number of ether oxygens (including phenoxy) is 4. The number of nitrogens with zero attached hydrogens (tertiary/aromatic N) is 2. The Hall–Kier alpha value is -2.90. The van der Waals surface area contributed by atoms with Crippen molar-refractivity contribution in [2.24, 2.45) is 0 Å². The largest absolute Gasteiger partial charge is 0.461 e. The van der Waals surface area contributed by atoms with Crippen LogP contribution in [-0.2, 0) is 18.9 Å². The van der Waals surface area contributed by atoms with Gasteiger partial charge in [-0.1, -0.05) is 18.2 Å². The highest BCUT2D eigenvalue weighted by Gasteiger charge is 2.56. The summed E-state index contributed by atoms with van der Waals surface area (Å²) in [6.45, 7) is 5.06. The highest BCUT2D eigenvalue weighted by Crippen LogP contribution is 2.44. The fourth-order valence-corrected chi connectivity index (χ4v) is 4.15. The normalized spacial score (nSPS) is 24.9. The van der Waals surface area contributed by atoms with E-state index in [-0.39, 0.29) is 29.8 Å². The molecule has 12 heteroatoms. The van der Waals surface area contributed by atoms with Crippen molar-refractivity contribution < 1.29 is 33.6 Å². The maximum atomic E-state index is 12.6. The van der Waals surface area contributed by atoms with Gasteiger partial charge >= 0.3 is 5.97 Å². The first-order valence-electron chi connectivity index (χ1n) is 10.8. The third kappa shape index (κ3) is 4.81. The third-order valence-electron chi connectivity index (χ3n) is 5.34. The number of nitrogens with one attached hydrogen (secondary N) is 2. The van der Waals surface area contributed by atoms with E-state index in [0.29, 0.717) is 5.56 Å². The minimum atomic E-state index is -0.887. The Bertz CT molecular complexity index is 1070. The highest BCUT2D eigenvalue weighted by atomic mass is 32.1. The number of hydrogen-bond acceptors (Lipinski definition) is 9. The second-order valence-corrected chi connectivity index (χ2v) is 8.56. The maximum absolute atomic E-state index is 12.6. The molecule has 3 N–H and O–H groups in total. The van der Waals surface area contributed by atoms with Crippen LogP contribution in [0.3, 0.4) is 0 Å². The number of carbonyl (C=O) groups is 2.